The van der Waals surface area contributed by atoms with E-state index in [1.54, 1.807) is 0 Å². The molecule has 0 bridgehead atoms. The van der Waals surface area contributed by atoms with Crippen LogP contribution in [0.3, 0.4) is 0 Å². The van der Waals surface area contributed by atoms with Gasteiger partial charge in [-0.25, -0.2) is 4.39 Å². The third-order valence-electron chi connectivity index (χ3n) is 9.62. The Balaban J connectivity index is 1.33. The van der Waals surface area contributed by atoms with Crippen LogP contribution in [0.5, 0.6) is 5.75 Å². The molecule has 6 rings (SSSR count). The second-order valence-electron chi connectivity index (χ2n) is 11.5. The summed E-state index contributed by atoms with van der Waals surface area (Å²) in [4.78, 5) is 16.6. The highest BCUT2D eigenvalue weighted by atomic mass is 19.1. The van der Waals surface area contributed by atoms with Gasteiger partial charge in [-0.1, -0.05) is 49.6 Å². The first-order valence-corrected chi connectivity index (χ1v) is 13.9. The highest BCUT2D eigenvalue weighted by Gasteiger charge is 2.54. The zero-order valence-electron chi connectivity index (χ0n) is 21.0. The summed E-state index contributed by atoms with van der Waals surface area (Å²) in [5.41, 5.74) is 1.85. The van der Waals surface area contributed by atoms with Crippen molar-refractivity contribution in [2.45, 2.75) is 68.9 Å². The molecule has 2 aromatic carbocycles. The number of phenolic OH excluding ortho intramolecular Hbond substituents is 1. The SMILES string of the molecule is O=C(C1CNCC12CNCc1c(O)ccc(F)c12)N1CCC(c2ccccc2)CC1C1CCCCC1. The van der Waals surface area contributed by atoms with Crippen molar-refractivity contribution in [1.29, 1.82) is 0 Å². The van der Waals surface area contributed by atoms with Gasteiger partial charge in [0.1, 0.15) is 11.6 Å². The molecule has 5 nitrogen and oxygen atoms in total. The van der Waals surface area contributed by atoms with Crippen molar-refractivity contribution in [3.05, 3.63) is 65.0 Å². The Hall–Kier alpha value is -2.44. The quantitative estimate of drug-likeness (QED) is 0.594. The summed E-state index contributed by atoms with van der Waals surface area (Å²) in [7, 11) is 0. The van der Waals surface area contributed by atoms with Crippen LogP contribution in [0.15, 0.2) is 42.5 Å². The first kappa shape index (κ1) is 23.9. The van der Waals surface area contributed by atoms with Crippen molar-refractivity contribution in [2.24, 2.45) is 11.8 Å². The maximum Gasteiger partial charge on any atom is 0.228 e. The molecule has 3 fully saturated rings. The van der Waals surface area contributed by atoms with E-state index in [-0.39, 0.29) is 29.4 Å². The lowest BCUT2D eigenvalue weighted by Gasteiger charge is -2.48. The summed E-state index contributed by atoms with van der Waals surface area (Å²) in [6.45, 7) is 2.81. The summed E-state index contributed by atoms with van der Waals surface area (Å²) in [6.07, 6.45) is 8.15. The number of phenols is 1. The number of nitrogens with zero attached hydrogens (tertiary/aromatic N) is 1. The largest absolute Gasteiger partial charge is 0.508 e. The molecule has 4 unspecified atom stereocenters. The molecule has 0 aromatic heterocycles. The van der Waals surface area contributed by atoms with Gasteiger partial charge in [0.15, 0.2) is 0 Å². The molecule has 6 heteroatoms. The summed E-state index contributed by atoms with van der Waals surface area (Å²) < 4.78 is 15.3. The van der Waals surface area contributed by atoms with Crippen LogP contribution in [0.1, 0.15) is 67.6 Å². The van der Waals surface area contributed by atoms with E-state index in [0.717, 1.165) is 19.4 Å². The minimum absolute atomic E-state index is 0.111. The van der Waals surface area contributed by atoms with Crippen molar-refractivity contribution >= 4 is 5.91 Å². The molecule has 1 aliphatic carbocycles. The average Bonchev–Trinajstić information content (AvgIpc) is 3.34. The Morgan fingerprint density at radius 1 is 1.00 bits per heavy atom. The molecule has 4 atom stereocenters. The number of fused-ring (bicyclic) bond motifs is 2. The highest BCUT2D eigenvalue weighted by molar-refractivity contribution is 5.82. The zero-order valence-corrected chi connectivity index (χ0v) is 21.0. The molecule has 1 saturated carbocycles. The van der Waals surface area contributed by atoms with E-state index in [1.807, 2.05) is 0 Å². The molecule has 1 amide bonds. The number of carbonyl (C=O) groups excluding carboxylic acids is 1. The normalized spacial score (nSPS) is 30.9. The molecule has 1 spiro atoms. The van der Waals surface area contributed by atoms with Gasteiger partial charge >= 0.3 is 0 Å². The fourth-order valence-corrected chi connectivity index (χ4v) is 7.82. The first-order valence-electron chi connectivity index (χ1n) is 13.9. The summed E-state index contributed by atoms with van der Waals surface area (Å²) in [5.74, 6) is 0.637. The van der Waals surface area contributed by atoms with Gasteiger partial charge in [-0.2, -0.15) is 0 Å². The van der Waals surface area contributed by atoms with Gasteiger partial charge < -0.3 is 20.6 Å². The predicted octanol–water partition coefficient (Wildman–Crippen LogP) is 4.45. The van der Waals surface area contributed by atoms with Crippen molar-refractivity contribution in [3.63, 3.8) is 0 Å². The van der Waals surface area contributed by atoms with Crippen LogP contribution in [0, 0.1) is 17.7 Å². The van der Waals surface area contributed by atoms with Gasteiger partial charge in [0.05, 0.1) is 5.92 Å². The van der Waals surface area contributed by atoms with Crippen LogP contribution in [0.25, 0.3) is 0 Å². The van der Waals surface area contributed by atoms with E-state index in [2.05, 4.69) is 45.9 Å². The number of aromatic hydroxyl groups is 1. The minimum atomic E-state index is -0.680. The van der Waals surface area contributed by atoms with E-state index < -0.39 is 5.41 Å². The maximum absolute atomic E-state index is 15.3. The number of carbonyl (C=O) groups is 1. The van der Waals surface area contributed by atoms with Gasteiger partial charge in [-0.3, -0.25) is 4.79 Å². The molecule has 0 radical (unpaired) electrons. The monoisotopic (exact) mass is 491 g/mol. The lowest BCUT2D eigenvalue weighted by molar-refractivity contribution is -0.142. The van der Waals surface area contributed by atoms with Gasteiger partial charge in [0, 0.05) is 55.3 Å². The van der Waals surface area contributed by atoms with Crippen molar-refractivity contribution in [1.82, 2.24) is 15.5 Å². The van der Waals surface area contributed by atoms with Gasteiger partial charge in [-0.05, 0) is 55.2 Å². The number of hydrogen-bond donors (Lipinski definition) is 3. The third-order valence-corrected chi connectivity index (χ3v) is 9.62. The molecule has 3 aliphatic heterocycles. The Kier molecular flexibility index (Phi) is 6.51. The van der Waals surface area contributed by atoms with Crippen LogP contribution in [-0.4, -0.2) is 48.1 Å². The lowest BCUT2D eigenvalue weighted by atomic mass is 9.67. The maximum atomic E-state index is 15.3. The van der Waals surface area contributed by atoms with E-state index >= 15 is 4.39 Å². The van der Waals surface area contributed by atoms with Crippen LogP contribution in [-0.2, 0) is 16.8 Å². The number of hydrogen-bond acceptors (Lipinski definition) is 4. The van der Waals surface area contributed by atoms with E-state index in [9.17, 15) is 9.90 Å². The average molecular weight is 492 g/mol. The van der Waals surface area contributed by atoms with Crippen LogP contribution in [0.4, 0.5) is 4.39 Å². The van der Waals surface area contributed by atoms with Gasteiger partial charge in [-0.15, -0.1) is 0 Å². The Morgan fingerprint density at radius 2 is 1.78 bits per heavy atom. The van der Waals surface area contributed by atoms with Crippen molar-refractivity contribution in [2.75, 3.05) is 26.2 Å². The predicted molar refractivity (Wildman–Crippen MR) is 138 cm³/mol. The third kappa shape index (κ3) is 4.03. The van der Waals surface area contributed by atoms with E-state index in [4.69, 9.17) is 0 Å². The Bertz CT molecular complexity index is 1100. The molecule has 192 valence electrons. The second kappa shape index (κ2) is 9.79. The molecular formula is C30H38FN3O2. The number of benzene rings is 2. The first-order chi connectivity index (χ1) is 17.6. The Labute approximate surface area is 213 Å². The van der Waals surface area contributed by atoms with Crippen LogP contribution in [0.2, 0.25) is 0 Å². The fraction of sp³-hybridized carbons (Fsp3) is 0.567. The highest BCUT2D eigenvalue weighted by Crippen LogP contribution is 2.46. The number of likely N-dealkylation sites (tertiary alicyclic amines) is 1. The standard InChI is InChI=1S/C30H38FN3O2/c31-25-11-12-27(35)23-16-32-18-30(28(23)25)19-33-17-24(30)29(36)34-14-13-22(20-7-3-1-4-8-20)15-26(34)21-9-5-2-6-10-21/h1,3-4,7-8,11-12,21-22,24,26,32-33,35H,2,5-6,9-10,13-19H2. The molecule has 2 saturated heterocycles. The fourth-order valence-electron chi connectivity index (χ4n) is 7.82. The van der Waals surface area contributed by atoms with E-state index in [0.29, 0.717) is 49.1 Å². The van der Waals surface area contributed by atoms with Crippen molar-refractivity contribution in [3.8, 4) is 5.75 Å². The summed E-state index contributed by atoms with van der Waals surface area (Å²) >= 11 is 0. The van der Waals surface area contributed by atoms with Crippen molar-refractivity contribution < 1.29 is 14.3 Å². The van der Waals surface area contributed by atoms with Gasteiger partial charge in [0.25, 0.3) is 0 Å². The number of amides is 1. The number of halogens is 1. The number of piperidine rings is 1. The Morgan fingerprint density at radius 3 is 2.58 bits per heavy atom. The summed E-state index contributed by atoms with van der Waals surface area (Å²) in [6, 6.07) is 13.8. The topological polar surface area (TPSA) is 64.6 Å². The number of nitrogens with one attached hydrogen (secondary N) is 2. The van der Waals surface area contributed by atoms with Crippen LogP contribution < -0.4 is 10.6 Å². The molecule has 36 heavy (non-hydrogen) atoms. The zero-order chi connectivity index (χ0) is 24.7. The number of rotatable bonds is 3. The smallest absolute Gasteiger partial charge is 0.228 e. The lowest BCUT2D eigenvalue weighted by Crippen LogP contribution is -2.57. The molecule has 2 aromatic rings. The second-order valence-corrected chi connectivity index (χ2v) is 11.5. The molecular weight excluding hydrogens is 453 g/mol. The minimum Gasteiger partial charge on any atom is -0.508 e. The summed E-state index contributed by atoms with van der Waals surface area (Å²) in [5, 5.41) is 17.4. The molecule has 4 aliphatic rings. The van der Waals surface area contributed by atoms with Gasteiger partial charge in [0.2, 0.25) is 5.91 Å². The molecule has 3 N–H and O–H groups in total. The van der Waals surface area contributed by atoms with Crippen LogP contribution >= 0.6 is 0 Å². The molecule has 3 heterocycles. The van der Waals surface area contributed by atoms with E-state index in [1.165, 1.54) is 49.8 Å².